The number of nitrogen functional groups attached to an aromatic ring is 1. The molecule has 1 aliphatic carbocycles. The number of benzene rings is 1. The molecule has 3 heterocycles. The van der Waals surface area contributed by atoms with Gasteiger partial charge in [0.2, 0.25) is 0 Å². The second-order valence-electron chi connectivity index (χ2n) is 9.74. The quantitative estimate of drug-likeness (QED) is 0.217. The third-order valence-electron chi connectivity index (χ3n) is 7.52. The average molecular weight is 493 g/mol. The standard InChI is InChI=1S/C26H32N6O4/c27-31-24(32(36)22-10-8-19(26(34)35)17-20(22)25(31)33)7-3-4-12-29-13-15-30(16-14-29)23-11-9-18-5-1-2-6-21(18)28-23/h1-2,5-6,9,11,19H,3-4,7-8,10,12-17,27H2,(H,34,35). The normalized spacial score (nSPS) is 18.3. The molecule has 3 N–H and O–H groups in total. The van der Waals surface area contributed by atoms with Crippen molar-refractivity contribution in [3.05, 3.63) is 69.0 Å². The van der Waals surface area contributed by atoms with Gasteiger partial charge in [0.05, 0.1) is 23.4 Å². The average Bonchev–Trinajstić information content (AvgIpc) is 2.91. The molecule has 36 heavy (non-hydrogen) atoms. The first-order valence-corrected chi connectivity index (χ1v) is 12.6. The van der Waals surface area contributed by atoms with Gasteiger partial charge in [0, 0.05) is 38.0 Å². The minimum absolute atomic E-state index is 0.0594. The van der Waals surface area contributed by atoms with Gasteiger partial charge in [0.1, 0.15) is 11.5 Å². The molecule has 190 valence electrons. The van der Waals surface area contributed by atoms with E-state index in [0.717, 1.165) is 71.7 Å². The predicted molar refractivity (Wildman–Crippen MR) is 136 cm³/mol. The van der Waals surface area contributed by atoms with Crippen LogP contribution in [0.3, 0.4) is 0 Å². The number of aliphatic carboxylic acids is 1. The molecule has 1 fully saturated rings. The lowest BCUT2D eigenvalue weighted by atomic mass is 9.87. The van der Waals surface area contributed by atoms with Crippen LogP contribution in [0.4, 0.5) is 5.82 Å². The van der Waals surface area contributed by atoms with E-state index in [4.69, 9.17) is 10.8 Å². The van der Waals surface area contributed by atoms with Crippen molar-refractivity contribution in [2.45, 2.75) is 38.5 Å². The summed E-state index contributed by atoms with van der Waals surface area (Å²) in [6.45, 7) is 4.63. The molecule has 3 aromatic rings. The maximum atomic E-state index is 12.9. The molecule has 1 aliphatic heterocycles. The summed E-state index contributed by atoms with van der Waals surface area (Å²) >= 11 is 0. The fourth-order valence-electron chi connectivity index (χ4n) is 5.36. The van der Waals surface area contributed by atoms with Crippen molar-refractivity contribution in [2.24, 2.45) is 5.92 Å². The second-order valence-corrected chi connectivity index (χ2v) is 9.74. The third kappa shape index (κ3) is 4.73. The molecule has 1 aromatic carbocycles. The van der Waals surface area contributed by atoms with Gasteiger partial charge in [-0.1, -0.05) is 22.9 Å². The number of nitrogens with two attached hydrogens (primary N) is 1. The Morgan fingerprint density at radius 3 is 2.69 bits per heavy atom. The highest BCUT2D eigenvalue weighted by Crippen LogP contribution is 2.22. The number of carboxylic acid groups (broad SMARTS) is 1. The van der Waals surface area contributed by atoms with Gasteiger partial charge in [-0.05, 0) is 50.4 Å². The van der Waals surface area contributed by atoms with E-state index in [1.807, 2.05) is 18.2 Å². The van der Waals surface area contributed by atoms with Crippen molar-refractivity contribution >= 4 is 22.7 Å². The SMILES string of the molecule is Nn1c(CCCCN2CCN(c3ccc4ccccc4n3)CC2)[n+]([O-])c2c(c1=O)CC(C(=O)O)CC2. The molecular formula is C26H32N6O4. The molecule has 1 atom stereocenters. The highest BCUT2D eigenvalue weighted by atomic mass is 16.5. The summed E-state index contributed by atoms with van der Waals surface area (Å²) < 4.78 is 1.69. The molecule has 0 saturated carbocycles. The van der Waals surface area contributed by atoms with E-state index in [0.29, 0.717) is 18.5 Å². The molecule has 10 nitrogen and oxygen atoms in total. The number of anilines is 1. The number of hydrogen-bond acceptors (Lipinski definition) is 7. The van der Waals surface area contributed by atoms with Crippen molar-refractivity contribution in [3.8, 4) is 0 Å². The lowest BCUT2D eigenvalue weighted by Crippen LogP contribution is -2.52. The number of hydrogen-bond donors (Lipinski definition) is 2. The predicted octanol–water partition coefficient (Wildman–Crippen LogP) is 1.08. The van der Waals surface area contributed by atoms with E-state index in [2.05, 4.69) is 28.0 Å². The summed E-state index contributed by atoms with van der Waals surface area (Å²) in [6, 6.07) is 12.3. The molecule has 1 unspecified atom stereocenters. The Labute approximate surface area is 209 Å². The number of rotatable bonds is 7. The number of carboxylic acids is 1. The van der Waals surface area contributed by atoms with E-state index < -0.39 is 17.4 Å². The Morgan fingerprint density at radius 2 is 1.92 bits per heavy atom. The van der Waals surface area contributed by atoms with Crippen molar-refractivity contribution in [1.82, 2.24) is 14.6 Å². The van der Waals surface area contributed by atoms with Gasteiger partial charge in [0.25, 0.3) is 5.82 Å². The van der Waals surface area contributed by atoms with Gasteiger partial charge in [-0.15, -0.1) is 0 Å². The van der Waals surface area contributed by atoms with Gasteiger partial charge in [-0.2, -0.15) is 0 Å². The van der Waals surface area contributed by atoms with E-state index >= 15 is 0 Å². The van der Waals surface area contributed by atoms with E-state index in [9.17, 15) is 19.9 Å². The van der Waals surface area contributed by atoms with Crippen LogP contribution in [0.15, 0.2) is 41.2 Å². The van der Waals surface area contributed by atoms with E-state index in [1.165, 1.54) is 0 Å². The number of nitrogens with zero attached hydrogens (tertiary/aromatic N) is 5. The Bertz CT molecular complexity index is 1330. The van der Waals surface area contributed by atoms with Crippen LogP contribution in [0.1, 0.15) is 36.3 Å². The van der Waals surface area contributed by atoms with Crippen LogP contribution in [0.2, 0.25) is 0 Å². The second kappa shape index (κ2) is 10.1. The molecule has 2 aromatic heterocycles. The number of piperazine rings is 1. The van der Waals surface area contributed by atoms with Crippen LogP contribution >= 0.6 is 0 Å². The van der Waals surface area contributed by atoms with Crippen molar-refractivity contribution < 1.29 is 14.6 Å². The Kier molecular flexibility index (Phi) is 6.77. The molecule has 1 saturated heterocycles. The Balaban J connectivity index is 1.13. The van der Waals surface area contributed by atoms with Gasteiger partial charge >= 0.3 is 11.5 Å². The number of carbonyl (C=O) groups is 1. The summed E-state index contributed by atoms with van der Waals surface area (Å²) in [5, 5.41) is 23.3. The minimum atomic E-state index is -0.945. The molecule has 0 bridgehead atoms. The summed E-state index contributed by atoms with van der Waals surface area (Å²) in [7, 11) is 0. The zero-order valence-corrected chi connectivity index (χ0v) is 20.3. The van der Waals surface area contributed by atoms with Crippen LogP contribution < -0.4 is 21.0 Å². The Morgan fingerprint density at radius 1 is 1.14 bits per heavy atom. The van der Waals surface area contributed by atoms with Gasteiger partial charge in [-0.3, -0.25) is 15.5 Å². The lowest BCUT2D eigenvalue weighted by Gasteiger charge is -2.35. The van der Waals surface area contributed by atoms with Gasteiger partial charge in [0.15, 0.2) is 0 Å². The first-order chi connectivity index (χ1) is 17.4. The third-order valence-corrected chi connectivity index (χ3v) is 7.52. The highest BCUT2D eigenvalue weighted by Gasteiger charge is 2.33. The van der Waals surface area contributed by atoms with Crippen LogP contribution in [-0.4, -0.2) is 58.4 Å². The number of para-hydroxylation sites is 1. The molecule has 0 radical (unpaired) electrons. The van der Waals surface area contributed by atoms with Crippen molar-refractivity contribution in [1.29, 1.82) is 0 Å². The number of unbranched alkanes of at least 4 members (excludes halogenated alkanes) is 1. The van der Waals surface area contributed by atoms with Crippen LogP contribution in [0.25, 0.3) is 10.9 Å². The minimum Gasteiger partial charge on any atom is -0.711 e. The monoisotopic (exact) mass is 492 g/mol. The number of aromatic nitrogens is 3. The highest BCUT2D eigenvalue weighted by molar-refractivity contribution is 5.80. The number of fused-ring (bicyclic) bond motifs is 2. The van der Waals surface area contributed by atoms with E-state index in [1.54, 1.807) is 0 Å². The fourth-order valence-corrected chi connectivity index (χ4v) is 5.36. The smallest absolute Gasteiger partial charge is 0.363 e. The van der Waals surface area contributed by atoms with Gasteiger partial charge in [-0.25, -0.2) is 14.5 Å². The first kappa shape index (κ1) is 24.1. The fraction of sp³-hybridized carbons (Fsp3) is 0.462. The van der Waals surface area contributed by atoms with Gasteiger partial charge < -0.3 is 15.2 Å². The molecule has 0 amide bonds. The summed E-state index contributed by atoms with van der Waals surface area (Å²) in [5.74, 6) is 5.64. The molecule has 0 spiro atoms. The number of pyridine rings is 1. The van der Waals surface area contributed by atoms with E-state index in [-0.39, 0.29) is 24.2 Å². The Hall–Kier alpha value is -3.66. The van der Waals surface area contributed by atoms with Crippen LogP contribution in [0, 0.1) is 11.1 Å². The van der Waals surface area contributed by atoms with Crippen molar-refractivity contribution in [3.63, 3.8) is 0 Å². The van der Waals surface area contributed by atoms with Crippen LogP contribution in [-0.2, 0) is 24.1 Å². The molecule has 5 rings (SSSR count). The largest absolute Gasteiger partial charge is 0.711 e. The molecular weight excluding hydrogens is 460 g/mol. The lowest BCUT2D eigenvalue weighted by molar-refractivity contribution is -0.628. The zero-order chi connectivity index (χ0) is 25.2. The topological polar surface area (TPSA) is 132 Å². The first-order valence-electron chi connectivity index (χ1n) is 12.6. The zero-order valence-electron chi connectivity index (χ0n) is 20.3. The maximum Gasteiger partial charge on any atom is 0.363 e. The van der Waals surface area contributed by atoms with Crippen molar-refractivity contribution in [2.75, 3.05) is 43.5 Å². The molecule has 2 aliphatic rings. The summed E-state index contributed by atoms with van der Waals surface area (Å²) in [5.41, 5.74) is 1.19. The van der Waals surface area contributed by atoms with Crippen LogP contribution in [0.5, 0.6) is 0 Å². The molecule has 10 heteroatoms. The summed E-state index contributed by atoms with van der Waals surface area (Å²) in [6.07, 6.45) is 2.74. The summed E-state index contributed by atoms with van der Waals surface area (Å²) in [4.78, 5) is 33.6. The maximum absolute atomic E-state index is 12.9.